The molecule has 3 fully saturated rings. The Morgan fingerprint density at radius 2 is 0.775 bits per heavy atom. The van der Waals surface area contributed by atoms with Crippen molar-refractivity contribution in [3.05, 3.63) is 0 Å². The zero-order valence-electron chi connectivity index (χ0n) is 59.1. The van der Waals surface area contributed by atoms with Crippen molar-refractivity contribution < 1.29 is 150 Å². The smallest absolute Gasteiger partial charge is 0.325 e. The summed E-state index contributed by atoms with van der Waals surface area (Å²) in [6.07, 6.45) is -14.3. The molecule has 3 rings (SSSR count). The van der Waals surface area contributed by atoms with Gasteiger partial charge in [0.15, 0.2) is 18.9 Å². The van der Waals surface area contributed by atoms with Crippen LogP contribution in [0.3, 0.4) is 0 Å². The molecule has 3 heterocycles. The topological polar surface area (TPSA) is 530 Å². The van der Waals surface area contributed by atoms with Crippen LogP contribution in [0.5, 0.6) is 0 Å². The van der Waals surface area contributed by atoms with E-state index in [1.807, 2.05) is 0 Å². The van der Waals surface area contributed by atoms with Crippen LogP contribution in [-0.2, 0) is 111 Å². The van der Waals surface area contributed by atoms with Gasteiger partial charge in [-0.25, -0.2) is 0 Å². The number of aliphatic hydroxyl groups excluding tert-OH is 9. The molecular formula is C61H113N8O31PS. The maximum Gasteiger partial charge on any atom is 0.325 e. The molecule has 41 heteroatoms. The molecule has 39 nitrogen and oxygen atoms in total. The molecule has 16 atom stereocenters. The van der Waals surface area contributed by atoms with Gasteiger partial charge < -0.3 is 154 Å². The van der Waals surface area contributed by atoms with E-state index < -0.39 is 160 Å². The molecule has 0 spiro atoms. The lowest BCUT2D eigenvalue weighted by Crippen LogP contribution is -2.64. The molecule has 3 aliphatic heterocycles. The highest BCUT2D eigenvalue weighted by atomic mass is 32.5. The lowest BCUT2D eigenvalue weighted by Gasteiger charge is -2.42. The minimum atomic E-state index is -3.51. The lowest BCUT2D eigenvalue weighted by atomic mass is 9.97. The van der Waals surface area contributed by atoms with Gasteiger partial charge >= 0.3 is 6.72 Å². The van der Waals surface area contributed by atoms with Crippen molar-refractivity contribution >= 4 is 59.9 Å². The molecule has 0 aromatic heterocycles. The maximum absolute atomic E-state index is 13.9. The second-order valence-electron chi connectivity index (χ2n) is 24.8. The number of hydrogen-bond donors (Lipinski definition) is 16. The average Bonchev–Trinajstić information content (AvgIpc) is 0.822. The van der Waals surface area contributed by atoms with E-state index in [-0.39, 0.29) is 177 Å². The van der Waals surface area contributed by atoms with Gasteiger partial charge in [-0.05, 0) is 51.8 Å². The molecule has 0 saturated carbocycles. The van der Waals surface area contributed by atoms with Gasteiger partial charge in [0, 0.05) is 59.9 Å². The van der Waals surface area contributed by atoms with Gasteiger partial charge in [-0.2, -0.15) is 0 Å². The number of amides is 7. The highest BCUT2D eigenvalue weighted by molar-refractivity contribution is 8.07. The monoisotopic (exact) mass is 1520 g/mol. The highest BCUT2D eigenvalue weighted by Gasteiger charge is 2.48. The van der Waals surface area contributed by atoms with Crippen LogP contribution in [0.4, 0.5) is 0 Å². The van der Waals surface area contributed by atoms with E-state index in [4.69, 9.17) is 77.7 Å². The molecular weight excluding hydrogens is 1400 g/mol. The van der Waals surface area contributed by atoms with Gasteiger partial charge in [-0.15, -0.1) is 0 Å². The Morgan fingerprint density at radius 3 is 1.11 bits per heavy atom. The van der Waals surface area contributed by atoms with Crippen molar-refractivity contribution in [1.29, 1.82) is 0 Å². The summed E-state index contributed by atoms with van der Waals surface area (Å²) in [6, 6.07) is -3.34. The summed E-state index contributed by atoms with van der Waals surface area (Å²) in [5.41, 5.74) is -0.735. The Hall–Kier alpha value is -4.06. The fraction of sp³-hybridized carbons (Fsp3) is 0.885. The van der Waals surface area contributed by atoms with Crippen LogP contribution < -0.4 is 31.9 Å². The summed E-state index contributed by atoms with van der Waals surface area (Å²) in [6.45, 7) is 3.92. The molecule has 3 saturated heterocycles. The molecule has 594 valence electrons. The molecule has 0 aliphatic carbocycles. The van der Waals surface area contributed by atoms with Crippen LogP contribution in [0.25, 0.3) is 0 Å². The van der Waals surface area contributed by atoms with Crippen molar-refractivity contribution in [1.82, 2.24) is 41.7 Å². The molecule has 0 radical (unpaired) electrons. The zero-order valence-corrected chi connectivity index (χ0v) is 60.8. The van der Waals surface area contributed by atoms with E-state index in [9.17, 15) is 84.4 Å². The van der Waals surface area contributed by atoms with E-state index in [2.05, 4.69) is 31.9 Å². The number of rotatable bonds is 54. The average molecular weight is 1520 g/mol. The van der Waals surface area contributed by atoms with Crippen LogP contribution in [-0.4, -0.2) is 377 Å². The summed E-state index contributed by atoms with van der Waals surface area (Å²) >= 11 is 5.12. The first-order valence-corrected chi connectivity index (χ1v) is 36.6. The van der Waals surface area contributed by atoms with E-state index >= 15 is 0 Å². The summed E-state index contributed by atoms with van der Waals surface area (Å²) in [4.78, 5) is 103. The van der Waals surface area contributed by atoms with Crippen LogP contribution in [0.1, 0.15) is 73.6 Å². The minimum Gasteiger partial charge on any atom is -0.394 e. The molecule has 0 aromatic carbocycles. The number of nitrogens with zero attached hydrogens (tertiary/aromatic N) is 2. The van der Waals surface area contributed by atoms with Gasteiger partial charge in [-0.1, -0.05) is 6.42 Å². The Labute approximate surface area is 598 Å². The van der Waals surface area contributed by atoms with E-state index in [0.29, 0.717) is 19.3 Å². The summed E-state index contributed by atoms with van der Waals surface area (Å²) < 4.78 is 77.9. The quantitative estimate of drug-likeness (QED) is 0.0199. The third kappa shape index (κ3) is 38.0. The fourth-order valence-electron chi connectivity index (χ4n) is 10.3. The first-order chi connectivity index (χ1) is 48.5. The van der Waals surface area contributed by atoms with Crippen molar-refractivity contribution in [2.45, 2.75) is 171 Å². The lowest BCUT2D eigenvalue weighted by molar-refractivity contribution is -0.272. The van der Waals surface area contributed by atoms with E-state index in [1.54, 1.807) is 25.7 Å². The second kappa shape index (κ2) is 51.3. The first-order valence-electron chi connectivity index (χ1n) is 34.0. The Morgan fingerprint density at radius 1 is 0.441 bits per heavy atom. The Bertz CT molecular complexity index is 2370. The third-order valence-corrected chi connectivity index (χ3v) is 16.9. The molecule has 16 unspecified atom stereocenters. The van der Waals surface area contributed by atoms with Crippen molar-refractivity contribution in [3.8, 4) is 0 Å². The SMILES string of the molecule is CC(=O)NC1C(OCCOCCOCCNC(=O)CN(CCCN(CC(=O)NCCOCCOCCOC2OC(CO)C(O)C(O)C2NC(C)=O)C(=O)CCCCCOP(O)(=S)OC(C)(C)C)CC(=O)NCCOCCOCCOC2OC(CO)C(O)C(O)C2NC(C)=O)OC(CO)C(O)C1O. The number of nitrogens with one attached hydrogen (secondary N) is 6. The number of unbranched alkanes of at least 4 members (excludes halogenated alkanes) is 2. The van der Waals surface area contributed by atoms with Gasteiger partial charge in [0.25, 0.3) is 0 Å². The Kier molecular flexibility index (Phi) is 46.3. The maximum atomic E-state index is 13.9. The fourth-order valence-corrected chi connectivity index (χ4v) is 12.3. The summed E-state index contributed by atoms with van der Waals surface area (Å²) in [5.74, 6) is -3.30. The van der Waals surface area contributed by atoms with Gasteiger partial charge in [0.1, 0.15) is 73.1 Å². The van der Waals surface area contributed by atoms with Crippen LogP contribution in [0, 0.1) is 0 Å². The number of carbonyl (C=O) groups excluding carboxylic acids is 7. The van der Waals surface area contributed by atoms with Gasteiger partial charge in [0.05, 0.1) is 151 Å². The Balaban J connectivity index is 1.55. The van der Waals surface area contributed by atoms with E-state index in [1.165, 1.54) is 25.7 Å². The molecule has 0 bridgehead atoms. The zero-order chi connectivity index (χ0) is 75.6. The minimum absolute atomic E-state index is 0.0342. The summed E-state index contributed by atoms with van der Waals surface area (Å²) in [7, 11) is 0. The molecule has 7 amide bonds. The normalized spacial score (nSPS) is 25.8. The molecule has 0 aromatic rings. The van der Waals surface area contributed by atoms with Crippen molar-refractivity contribution in [2.24, 2.45) is 0 Å². The number of carbonyl (C=O) groups is 7. The van der Waals surface area contributed by atoms with E-state index in [0.717, 1.165) is 0 Å². The largest absolute Gasteiger partial charge is 0.394 e. The molecule has 102 heavy (non-hydrogen) atoms. The van der Waals surface area contributed by atoms with Crippen LogP contribution in [0.15, 0.2) is 0 Å². The number of hydrogen-bond acceptors (Lipinski definition) is 32. The van der Waals surface area contributed by atoms with Crippen molar-refractivity contribution in [3.63, 3.8) is 0 Å². The number of ether oxygens (including phenoxy) is 12. The predicted molar refractivity (Wildman–Crippen MR) is 357 cm³/mol. The second-order valence-corrected chi connectivity index (χ2v) is 27.6. The van der Waals surface area contributed by atoms with Crippen LogP contribution >= 0.6 is 6.72 Å². The van der Waals surface area contributed by atoms with Gasteiger partial charge in [-0.3, -0.25) is 38.5 Å². The molecule has 16 N–H and O–H groups in total. The van der Waals surface area contributed by atoms with Gasteiger partial charge in [0.2, 0.25) is 41.4 Å². The van der Waals surface area contributed by atoms with Crippen LogP contribution in [0.2, 0.25) is 0 Å². The highest BCUT2D eigenvalue weighted by Crippen LogP contribution is 2.47. The standard InChI is InChI=1S/C61H113N8O31PS/c1-39(73)65-49-55(83)52(80)42(36-70)97-58(49)93-30-27-90-24-21-87-18-12-62-45(76)33-68(34-46(77)63-13-19-88-22-25-91-28-31-94-59-50(66-40(2)74)56(84)53(81)43(37-71)98-59)15-10-16-69(48(79)11-8-7-9-17-96-101(86,102)100-61(4,5)6)35-47(78)64-14-20-89-23-26-92-29-32-95-60-51(67-41(3)75)57(85)54(82)44(38-72)99-60/h42-44,49-60,70-72,80-85H,7-38H2,1-6H3,(H,62,76)(H,63,77)(H,64,78)(H,65,73)(H,66,74)(H,67,75)(H,86,102). The third-order valence-electron chi connectivity index (χ3n) is 15.1. The molecule has 3 aliphatic rings. The van der Waals surface area contributed by atoms with Crippen molar-refractivity contribution in [2.75, 3.05) is 178 Å². The number of aliphatic hydroxyl groups is 9. The first kappa shape index (κ1) is 92.1. The predicted octanol–water partition coefficient (Wildman–Crippen LogP) is -7.55. The summed E-state index contributed by atoms with van der Waals surface area (Å²) in [5, 5.41) is 107.